The average molecular weight is 957 g/mol. The third-order valence-electron chi connectivity index (χ3n) is 16.0. The van der Waals surface area contributed by atoms with E-state index in [2.05, 4.69) is 247 Å². The van der Waals surface area contributed by atoms with E-state index in [9.17, 15) is 0 Å². The molecule has 74 heavy (non-hydrogen) atoms. The molecule has 0 radical (unpaired) electrons. The van der Waals surface area contributed by atoms with Crippen molar-refractivity contribution < 1.29 is 8.83 Å². The molecule has 0 saturated heterocycles. The minimum atomic E-state index is 0.214. The molecule has 0 bridgehead atoms. The fourth-order valence-electron chi connectivity index (χ4n) is 12.5. The van der Waals surface area contributed by atoms with Crippen molar-refractivity contribution in [3.05, 3.63) is 215 Å². The smallest absolute Gasteiger partial charge is 0.159 e. The molecule has 0 spiro atoms. The van der Waals surface area contributed by atoms with Gasteiger partial charge in [0, 0.05) is 43.1 Å². The van der Waals surface area contributed by atoms with Gasteiger partial charge in [-0.1, -0.05) is 172 Å². The molecule has 0 aliphatic rings. The normalized spacial score (nSPS) is 12.3. The van der Waals surface area contributed by atoms with Gasteiger partial charge in [0.2, 0.25) is 0 Å². The minimum Gasteiger partial charge on any atom is -0.454 e. The summed E-state index contributed by atoms with van der Waals surface area (Å²) in [7, 11) is 0. The van der Waals surface area contributed by atoms with Crippen LogP contribution < -0.4 is 9.80 Å². The van der Waals surface area contributed by atoms with Crippen molar-refractivity contribution in [2.45, 2.75) is 67.2 Å². The molecule has 4 heteroatoms. The zero-order chi connectivity index (χ0) is 50.3. The summed E-state index contributed by atoms with van der Waals surface area (Å²) < 4.78 is 14.0. The Morgan fingerprint density at radius 2 is 0.716 bits per heavy atom. The quantitative estimate of drug-likeness (QED) is 0.142. The maximum Gasteiger partial charge on any atom is 0.159 e. The van der Waals surface area contributed by atoms with Crippen LogP contribution in [-0.4, -0.2) is 0 Å². The number of aryl methyl sites for hydroxylation is 4. The highest BCUT2D eigenvalue weighted by Gasteiger charge is 2.30. The zero-order valence-corrected chi connectivity index (χ0v) is 43.2. The van der Waals surface area contributed by atoms with Gasteiger partial charge in [-0.3, -0.25) is 0 Å². The molecule has 2 heterocycles. The van der Waals surface area contributed by atoms with Gasteiger partial charge < -0.3 is 18.6 Å². The Morgan fingerprint density at radius 1 is 0.324 bits per heavy atom. The Bertz CT molecular complexity index is 4320. The van der Waals surface area contributed by atoms with Crippen molar-refractivity contribution in [2.75, 3.05) is 9.80 Å². The number of hydrogen-bond acceptors (Lipinski definition) is 4. The molecule has 0 N–H and O–H groups in total. The minimum absolute atomic E-state index is 0.214. The van der Waals surface area contributed by atoms with E-state index in [4.69, 9.17) is 8.83 Å². The van der Waals surface area contributed by atoms with Crippen LogP contribution in [0.3, 0.4) is 0 Å². The number of nitrogens with zero attached hydrogens (tertiary/aromatic N) is 2. The summed E-state index contributed by atoms with van der Waals surface area (Å²) in [4.78, 5) is 5.08. The standard InChI is InChI=1S/C70H56N2O2/c1-39(2)55-37-61(71(67-43(7)25-29-45-27-23-41(5)35-57(45)67)59-19-13-17-51-47-15-9-11-21-63(47)73-69(51)59)53-34-32-50-56(40(3)4)38-62(54-33-31-49(55)65(53)66(50)54)72(68-44(8)26-30-46-28-24-42(6)36-58(46)68)60-20-14-18-52-48-16-10-12-22-64(48)74-70(52)60/h9-40H,1-8H3. The summed E-state index contributed by atoms with van der Waals surface area (Å²) in [6.07, 6.45) is 0. The van der Waals surface area contributed by atoms with Crippen LogP contribution in [0.15, 0.2) is 191 Å². The number of furan rings is 2. The lowest BCUT2D eigenvalue weighted by Crippen LogP contribution is -2.15. The van der Waals surface area contributed by atoms with Crippen LogP contribution in [0, 0.1) is 27.7 Å². The highest BCUT2D eigenvalue weighted by Crippen LogP contribution is 2.55. The second kappa shape index (κ2) is 16.5. The van der Waals surface area contributed by atoms with Crippen molar-refractivity contribution >= 4 is 132 Å². The molecule has 0 unspecified atom stereocenters. The molecule has 0 amide bonds. The molecule has 12 aromatic carbocycles. The zero-order valence-electron chi connectivity index (χ0n) is 43.2. The van der Waals surface area contributed by atoms with Crippen LogP contribution in [0.5, 0.6) is 0 Å². The Balaban J connectivity index is 1.15. The van der Waals surface area contributed by atoms with Gasteiger partial charge in [0.05, 0.1) is 34.1 Å². The fraction of sp³-hybridized carbons (Fsp3) is 0.143. The van der Waals surface area contributed by atoms with Crippen LogP contribution in [0.1, 0.15) is 72.9 Å². The monoisotopic (exact) mass is 956 g/mol. The summed E-state index contributed by atoms with van der Waals surface area (Å²) in [5.74, 6) is 0.427. The predicted octanol–water partition coefficient (Wildman–Crippen LogP) is 21.1. The highest BCUT2D eigenvalue weighted by molar-refractivity contribution is 6.30. The van der Waals surface area contributed by atoms with Crippen molar-refractivity contribution in [1.29, 1.82) is 0 Å². The molecular weight excluding hydrogens is 901 g/mol. The third kappa shape index (κ3) is 6.47. The SMILES string of the molecule is Cc1ccc2ccc(C)c(N(c3cc(C(C)C)c4ccc5c(N(c6c(C)ccc7ccc(C)cc67)c6cccc7c6oc6ccccc67)cc(C(C)C)c6ccc3c4c65)c3cccc4c3oc3ccccc34)c2c1. The van der Waals surface area contributed by atoms with Gasteiger partial charge in [0.1, 0.15) is 11.2 Å². The molecular formula is C70H56N2O2. The number of para-hydroxylation sites is 4. The number of benzene rings is 12. The summed E-state index contributed by atoms with van der Waals surface area (Å²) in [6, 6.07) is 67.6. The number of rotatable bonds is 8. The largest absolute Gasteiger partial charge is 0.454 e. The topological polar surface area (TPSA) is 32.8 Å². The van der Waals surface area contributed by atoms with Gasteiger partial charge in [-0.05, 0) is 143 Å². The van der Waals surface area contributed by atoms with E-state index < -0.39 is 0 Å². The van der Waals surface area contributed by atoms with Gasteiger partial charge >= 0.3 is 0 Å². The fourth-order valence-corrected chi connectivity index (χ4v) is 12.5. The van der Waals surface area contributed by atoms with Crippen molar-refractivity contribution in [1.82, 2.24) is 0 Å². The van der Waals surface area contributed by atoms with Crippen molar-refractivity contribution in [3.8, 4) is 0 Å². The summed E-state index contributed by atoms with van der Waals surface area (Å²) in [6.45, 7) is 18.3. The van der Waals surface area contributed by atoms with Crippen LogP contribution in [-0.2, 0) is 0 Å². The molecule has 0 fully saturated rings. The second-order valence-corrected chi connectivity index (χ2v) is 21.4. The Hall–Kier alpha value is -8.60. The second-order valence-electron chi connectivity index (χ2n) is 21.4. The van der Waals surface area contributed by atoms with Gasteiger partial charge in [-0.2, -0.15) is 0 Å². The van der Waals surface area contributed by atoms with Gasteiger partial charge in [-0.15, -0.1) is 0 Å². The van der Waals surface area contributed by atoms with E-state index in [0.717, 1.165) is 78.0 Å². The van der Waals surface area contributed by atoms with Gasteiger partial charge in [-0.25, -0.2) is 0 Å². The lowest BCUT2D eigenvalue weighted by atomic mass is 9.83. The first-order valence-corrected chi connectivity index (χ1v) is 26.2. The Kier molecular flexibility index (Phi) is 9.82. The first kappa shape index (κ1) is 44.1. The Morgan fingerprint density at radius 3 is 1.15 bits per heavy atom. The molecule has 14 rings (SSSR count). The van der Waals surface area contributed by atoms with Crippen LogP contribution in [0.25, 0.3) is 97.7 Å². The third-order valence-corrected chi connectivity index (χ3v) is 16.0. The predicted molar refractivity (Wildman–Crippen MR) is 316 cm³/mol. The summed E-state index contributed by atoms with van der Waals surface area (Å²) in [5.41, 5.74) is 17.5. The van der Waals surface area contributed by atoms with Crippen molar-refractivity contribution in [2.24, 2.45) is 0 Å². The van der Waals surface area contributed by atoms with E-state index in [1.807, 2.05) is 0 Å². The Labute approximate surface area is 431 Å². The van der Waals surface area contributed by atoms with Crippen LogP contribution in [0.2, 0.25) is 0 Å². The average Bonchev–Trinajstić information content (AvgIpc) is 4.02. The van der Waals surface area contributed by atoms with Gasteiger partial charge in [0.15, 0.2) is 11.2 Å². The van der Waals surface area contributed by atoms with Gasteiger partial charge in [0.25, 0.3) is 0 Å². The lowest BCUT2D eigenvalue weighted by molar-refractivity contribution is 0.669. The maximum atomic E-state index is 7.00. The highest BCUT2D eigenvalue weighted by atomic mass is 16.3. The van der Waals surface area contributed by atoms with Crippen LogP contribution >= 0.6 is 0 Å². The number of hydrogen-bond donors (Lipinski definition) is 0. The summed E-state index contributed by atoms with van der Waals surface area (Å²) >= 11 is 0. The van der Waals surface area contributed by atoms with Crippen molar-refractivity contribution in [3.63, 3.8) is 0 Å². The molecule has 2 aromatic heterocycles. The lowest BCUT2D eigenvalue weighted by Gasteiger charge is -2.33. The molecule has 4 nitrogen and oxygen atoms in total. The van der Waals surface area contributed by atoms with E-state index in [-0.39, 0.29) is 11.8 Å². The molecule has 0 atom stereocenters. The van der Waals surface area contributed by atoms with E-state index in [0.29, 0.717) is 0 Å². The van der Waals surface area contributed by atoms with Crippen LogP contribution in [0.4, 0.5) is 34.1 Å². The molecule has 0 saturated carbocycles. The summed E-state index contributed by atoms with van der Waals surface area (Å²) in [5, 5.41) is 16.7. The molecule has 0 aliphatic carbocycles. The number of fused-ring (bicyclic) bond motifs is 8. The molecule has 358 valence electrons. The first-order chi connectivity index (χ1) is 36.0. The first-order valence-electron chi connectivity index (χ1n) is 26.2. The number of anilines is 6. The van der Waals surface area contributed by atoms with E-state index >= 15 is 0 Å². The van der Waals surface area contributed by atoms with E-state index in [1.54, 1.807) is 0 Å². The molecule has 14 aromatic rings. The van der Waals surface area contributed by atoms with E-state index in [1.165, 1.54) is 87.2 Å². The maximum absolute atomic E-state index is 7.00. The molecule has 0 aliphatic heterocycles.